The van der Waals surface area contributed by atoms with E-state index in [2.05, 4.69) is 11.8 Å². The zero-order chi connectivity index (χ0) is 15.7. The number of halogens is 1. The summed E-state index contributed by atoms with van der Waals surface area (Å²) in [5.74, 6) is 0. The molecule has 3 rings (SSSR count). The van der Waals surface area contributed by atoms with Crippen molar-refractivity contribution < 1.29 is 4.79 Å². The van der Waals surface area contributed by atoms with Gasteiger partial charge in [-0.1, -0.05) is 22.9 Å². The maximum absolute atomic E-state index is 12.3. The van der Waals surface area contributed by atoms with Crippen molar-refractivity contribution in [3.63, 3.8) is 0 Å². The van der Waals surface area contributed by atoms with Crippen molar-refractivity contribution in [3.8, 4) is 0 Å². The van der Waals surface area contributed by atoms with E-state index in [1.54, 1.807) is 12.1 Å². The van der Waals surface area contributed by atoms with Gasteiger partial charge in [0.25, 0.3) is 0 Å². The van der Waals surface area contributed by atoms with Crippen LogP contribution >= 0.6 is 22.9 Å². The lowest BCUT2D eigenvalue weighted by Crippen LogP contribution is -2.48. The lowest BCUT2D eigenvalue weighted by Gasteiger charge is -2.36. The number of piperazine rings is 1. The molecular weight excluding hydrogens is 324 g/mol. The van der Waals surface area contributed by atoms with Crippen molar-refractivity contribution in [1.29, 1.82) is 0 Å². The van der Waals surface area contributed by atoms with E-state index in [1.807, 2.05) is 16.0 Å². The van der Waals surface area contributed by atoms with Gasteiger partial charge >= 0.3 is 4.87 Å². The van der Waals surface area contributed by atoms with Gasteiger partial charge in [0.1, 0.15) is 6.17 Å². The first-order chi connectivity index (χ1) is 10.6. The van der Waals surface area contributed by atoms with Crippen LogP contribution in [0.2, 0.25) is 5.02 Å². The highest BCUT2D eigenvalue weighted by Gasteiger charge is 2.26. The van der Waals surface area contributed by atoms with E-state index in [9.17, 15) is 9.59 Å². The summed E-state index contributed by atoms with van der Waals surface area (Å²) in [4.78, 5) is 25.8. The van der Waals surface area contributed by atoms with Crippen LogP contribution in [-0.4, -0.2) is 53.7 Å². The topological polar surface area (TPSA) is 57.9 Å². The van der Waals surface area contributed by atoms with Crippen molar-refractivity contribution in [2.75, 3.05) is 26.2 Å². The fraction of sp³-hybridized carbons (Fsp3) is 0.357. The molecule has 1 aromatic carbocycles. The first kappa shape index (κ1) is 15.2. The monoisotopic (exact) mass is 338 g/mol. The van der Waals surface area contributed by atoms with Gasteiger partial charge in [-0.25, -0.2) is 0 Å². The van der Waals surface area contributed by atoms with E-state index in [1.165, 1.54) is 4.57 Å². The number of thiazole rings is 1. The standard InChI is InChI=1S/C14H15ClN4O2S/c1-16-18-6-4-17(5-7-18)13(9-20)19-11-8-10(15)2-3-12(11)22-14(19)21/h2-3,8-9,13H,1,4-7H2. The largest absolute Gasteiger partial charge is 0.309 e. The molecule has 0 N–H and O–H groups in total. The molecule has 0 aliphatic carbocycles. The van der Waals surface area contributed by atoms with Gasteiger partial charge < -0.3 is 0 Å². The molecule has 8 heteroatoms. The van der Waals surface area contributed by atoms with E-state index in [-0.39, 0.29) is 4.87 Å². The number of aldehydes is 1. The van der Waals surface area contributed by atoms with E-state index in [0.717, 1.165) is 22.3 Å². The SMILES string of the molecule is C=NN1CCN(C(C=O)n2c(=O)sc3ccc(Cl)cc32)CC1. The molecule has 2 heterocycles. The smallest absolute Gasteiger partial charge is 0.299 e. The molecule has 0 spiro atoms. The first-order valence-corrected chi connectivity index (χ1v) is 8.05. The van der Waals surface area contributed by atoms with Crippen molar-refractivity contribution in [3.05, 3.63) is 32.9 Å². The number of aromatic nitrogens is 1. The Bertz CT molecular complexity index is 764. The van der Waals surface area contributed by atoms with Gasteiger partial charge in [-0.05, 0) is 18.2 Å². The summed E-state index contributed by atoms with van der Waals surface area (Å²) in [5.41, 5.74) is 0.698. The molecule has 22 heavy (non-hydrogen) atoms. The van der Waals surface area contributed by atoms with Gasteiger partial charge in [0.15, 0.2) is 6.29 Å². The highest BCUT2D eigenvalue weighted by Crippen LogP contribution is 2.25. The second-order valence-corrected chi connectivity index (χ2v) is 6.46. The zero-order valence-corrected chi connectivity index (χ0v) is 13.4. The Morgan fingerprint density at radius 2 is 2.05 bits per heavy atom. The van der Waals surface area contributed by atoms with Gasteiger partial charge in [-0.3, -0.25) is 24.1 Å². The highest BCUT2D eigenvalue weighted by molar-refractivity contribution is 7.16. The third kappa shape index (κ3) is 2.67. The molecule has 0 amide bonds. The fourth-order valence-corrected chi connectivity index (χ4v) is 3.74. The molecule has 1 aromatic heterocycles. The van der Waals surface area contributed by atoms with Gasteiger partial charge in [0, 0.05) is 37.9 Å². The van der Waals surface area contributed by atoms with Crippen LogP contribution in [0.3, 0.4) is 0 Å². The number of carbonyl (C=O) groups is 1. The summed E-state index contributed by atoms with van der Waals surface area (Å²) in [6.45, 7) is 6.17. The van der Waals surface area contributed by atoms with Crippen LogP contribution in [0.1, 0.15) is 6.17 Å². The Morgan fingerprint density at radius 1 is 1.32 bits per heavy atom. The minimum atomic E-state index is -0.619. The maximum Gasteiger partial charge on any atom is 0.309 e. The summed E-state index contributed by atoms with van der Waals surface area (Å²) in [7, 11) is 0. The van der Waals surface area contributed by atoms with Crippen LogP contribution in [0, 0.1) is 0 Å². The van der Waals surface area contributed by atoms with Crippen LogP contribution < -0.4 is 4.87 Å². The summed E-state index contributed by atoms with van der Waals surface area (Å²) in [6, 6.07) is 5.28. The summed E-state index contributed by atoms with van der Waals surface area (Å²) in [5, 5.41) is 6.29. The summed E-state index contributed by atoms with van der Waals surface area (Å²) in [6.07, 6.45) is 0.192. The number of nitrogens with zero attached hydrogens (tertiary/aromatic N) is 4. The fourth-order valence-electron chi connectivity index (χ4n) is 2.68. The Labute approximate surface area is 136 Å². The molecular formula is C14H15ClN4O2S. The van der Waals surface area contributed by atoms with Crippen LogP contribution in [0.15, 0.2) is 28.1 Å². The molecule has 0 saturated carbocycles. The number of carbonyl (C=O) groups excluding carboxylic acids is 1. The lowest BCUT2D eigenvalue weighted by molar-refractivity contribution is -0.116. The average molecular weight is 339 g/mol. The van der Waals surface area contributed by atoms with E-state index < -0.39 is 6.17 Å². The Morgan fingerprint density at radius 3 is 2.68 bits per heavy atom. The molecule has 1 aliphatic rings. The Kier molecular flexibility index (Phi) is 4.28. The zero-order valence-electron chi connectivity index (χ0n) is 11.8. The van der Waals surface area contributed by atoms with E-state index in [4.69, 9.17) is 11.6 Å². The lowest BCUT2D eigenvalue weighted by atomic mass is 10.3. The number of hydrogen-bond acceptors (Lipinski definition) is 6. The van der Waals surface area contributed by atoms with E-state index >= 15 is 0 Å². The predicted molar refractivity (Wildman–Crippen MR) is 88.9 cm³/mol. The number of hydrogen-bond donors (Lipinski definition) is 0. The molecule has 116 valence electrons. The van der Waals surface area contributed by atoms with Gasteiger partial charge in [0.05, 0.1) is 10.2 Å². The predicted octanol–water partition coefficient (Wildman–Crippen LogP) is 1.65. The third-order valence-electron chi connectivity index (χ3n) is 3.83. The summed E-state index contributed by atoms with van der Waals surface area (Å²) >= 11 is 7.16. The normalized spacial score (nSPS) is 17.6. The Balaban J connectivity index is 1.99. The number of hydrazone groups is 1. The van der Waals surface area contributed by atoms with Crippen LogP contribution in [0.5, 0.6) is 0 Å². The van der Waals surface area contributed by atoms with Gasteiger partial charge in [-0.2, -0.15) is 5.10 Å². The molecule has 0 bridgehead atoms. The van der Waals surface area contributed by atoms with Gasteiger partial charge in [-0.15, -0.1) is 0 Å². The van der Waals surface area contributed by atoms with Crippen molar-refractivity contribution in [2.45, 2.75) is 6.17 Å². The minimum absolute atomic E-state index is 0.154. The van der Waals surface area contributed by atoms with Crippen LogP contribution in [0.25, 0.3) is 10.2 Å². The number of rotatable bonds is 4. The molecule has 1 saturated heterocycles. The minimum Gasteiger partial charge on any atom is -0.299 e. The quantitative estimate of drug-likeness (QED) is 0.628. The third-order valence-corrected chi connectivity index (χ3v) is 5.00. The molecule has 1 unspecified atom stereocenters. The molecule has 1 atom stereocenters. The van der Waals surface area contributed by atoms with Crippen molar-refractivity contribution >= 4 is 46.2 Å². The average Bonchev–Trinajstić information content (AvgIpc) is 2.85. The Hall–Kier alpha value is -1.70. The van der Waals surface area contributed by atoms with Crippen LogP contribution in [0.4, 0.5) is 0 Å². The maximum atomic E-state index is 12.3. The first-order valence-electron chi connectivity index (χ1n) is 6.85. The van der Waals surface area contributed by atoms with Gasteiger partial charge in [0.2, 0.25) is 0 Å². The highest BCUT2D eigenvalue weighted by atomic mass is 35.5. The molecule has 1 fully saturated rings. The molecule has 1 aliphatic heterocycles. The number of benzene rings is 1. The van der Waals surface area contributed by atoms with Crippen molar-refractivity contribution in [2.24, 2.45) is 5.10 Å². The molecule has 6 nitrogen and oxygen atoms in total. The van der Waals surface area contributed by atoms with Crippen LogP contribution in [-0.2, 0) is 4.79 Å². The molecule has 0 radical (unpaired) electrons. The number of fused-ring (bicyclic) bond motifs is 1. The van der Waals surface area contributed by atoms with Crippen molar-refractivity contribution in [1.82, 2.24) is 14.5 Å². The second-order valence-electron chi connectivity index (χ2n) is 5.03. The molecule has 2 aromatic rings. The van der Waals surface area contributed by atoms with E-state index in [0.29, 0.717) is 36.7 Å². The second kappa shape index (κ2) is 6.20. The summed E-state index contributed by atoms with van der Waals surface area (Å²) < 4.78 is 2.35.